The van der Waals surface area contributed by atoms with Crippen molar-refractivity contribution in [3.63, 3.8) is 0 Å². The van der Waals surface area contributed by atoms with Gasteiger partial charge in [0.1, 0.15) is 5.69 Å². The third kappa shape index (κ3) is 5.13. The molecule has 0 bridgehead atoms. The molecule has 0 N–H and O–H groups in total. The van der Waals surface area contributed by atoms with Gasteiger partial charge < -0.3 is 0 Å². The zero-order chi connectivity index (χ0) is 18.4. The first-order chi connectivity index (χ1) is 12.6. The first-order valence-corrected chi connectivity index (χ1v) is 9.55. The minimum atomic E-state index is 0.588. The van der Waals surface area contributed by atoms with E-state index in [-0.39, 0.29) is 0 Å². The number of aryl methyl sites for hydroxylation is 1. The molecule has 0 aliphatic carbocycles. The van der Waals surface area contributed by atoms with Crippen molar-refractivity contribution in [1.29, 1.82) is 5.26 Å². The van der Waals surface area contributed by atoms with Gasteiger partial charge in [0.2, 0.25) is 0 Å². The summed E-state index contributed by atoms with van der Waals surface area (Å²) in [5, 5.41) is 9.54. The summed E-state index contributed by atoms with van der Waals surface area (Å²) in [5.41, 5.74) is 3.75. The average molecular weight is 380 g/mol. The molecule has 2 aromatic rings. The highest BCUT2D eigenvalue weighted by atomic mass is 35.5. The minimum Gasteiger partial charge on any atom is -0.246 e. The number of pyridine rings is 1. The number of piperidine rings is 1. The Kier molecular flexibility index (Phi) is 6.36. The van der Waals surface area contributed by atoms with Gasteiger partial charge in [0.25, 0.3) is 0 Å². The molecule has 1 fully saturated rings. The molecule has 3 nitrogen and oxygen atoms in total. The topological polar surface area (TPSA) is 39.9 Å². The molecule has 1 aromatic heterocycles. The maximum Gasteiger partial charge on any atom is 0.113 e. The van der Waals surface area contributed by atoms with Crippen molar-refractivity contribution in [2.45, 2.75) is 24.7 Å². The Balaban J connectivity index is 1.55. The second kappa shape index (κ2) is 8.92. The van der Waals surface area contributed by atoms with E-state index in [0.717, 1.165) is 42.2 Å². The lowest BCUT2D eigenvalue weighted by Gasteiger charge is -2.27. The minimum absolute atomic E-state index is 0.588. The van der Waals surface area contributed by atoms with E-state index in [1.165, 1.54) is 5.57 Å². The molecule has 1 aliphatic heterocycles. The van der Waals surface area contributed by atoms with Crippen LogP contribution in [0.3, 0.4) is 0 Å². The van der Waals surface area contributed by atoms with E-state index >= 15 is 0 Å². The summed E-state index contributed by atoms with van der Waals surface area (Å²) in [4.78, 5) is 5.38. The van der Waals surface area contributed by atoms with Crippen molar-refractivity contribution in [3.8, 4) is 17.9 Å². The van der Waals surface area contributed by atoms with Gasteiger partial charge in [0.05, 0.1) is 16.7 Å². The number of nitriles is 1. The molecule has 0 spiro atoms. The summed E-state index contributed by atoms with van der Waals surface area (Å²) < 4.78 is 2.31. The second-order valence-electron chi connectivity index (χ2n) is 6.01. The summed E-state index contributed by atoms with van der Waals surface area (Å²) in [6.07, 6.45) is 4.02. The van der Waals surface area contributed by atoms with Crippen LogP contribution in [0.15, 0.2) is 52.9 Å². The van der Waals surface area contributed by atoms with Gasteiger partial charge in [-0.2, -0.15) is 5.26 Å². The van der Waals surface area contributed by atoms with Crippen LogP contribution < -0.4 is 0 Å². The smallest absolute Gasteiger partial charge is 0.113 e. The molecule has 0 radical (unpaired) electrons. The summed E-state index contributed by atoms with van der Waals surface area (Å²) in [6.45, 7) is 3.88. The Labute approximate surface area is 163 Å². The third-order valence-corrected chi connectivity index (χ3v) is 5.62. The maximum atomic E-state index is 8.91. The first-order valence-electron chi connectivity index (χ1n) is 8.40. The van der Waals surface area contributed by atoms with E-state index in [4.69, 9.17) is 16.9 Å². The molecule has 0 unspecified atom stereocenters. The summed E-state index contributed by atoms with van der Waals surface area (Å²) in [7, 11) is 0. The number of benzene rings is 1. The molecule has 5 heteroatoms. The van der Waals surface area contributed by atoms with Crippen molar-refractivity contribution in [2.24, 2.45) is 0 Å². The van der Waals surface area contributed by atoms with E-state index in [1.807, 2.05) is 37.3 Å². The lowest BCUT2D eigenvalue weighted by molar-refractivity contribution is 0.434. The largest absolute Gasteiger partial charge is 0.246 e. The highest BCUT2D eigenvalue weighted by molar-refractivity contribution is 7.97. The maximum absolute atomic E-state index is 8.91. The van der Waals surface area contributed by atoms with Crippen LogP contribution >= 0.6 is 23.5 Å². The molecule has 0 atom stereocenters. The van der Waals surface area contributed by atoms with E-state index in [2.05, 4.69) is 27.2 Å². The van der Waals surface area contributed by atoms with Crippen molar-refractivity contribution < 1.29 is 0 Å². The lowest BCUT2D eigenvalue weighted by Crippen LogP contribution is -2.24. The van der Waals surface area contributed by atoms with E-state index in [0.29, 0.717) is 10.6 Å². The standard InChI is InChI=1S/C21H18ClN3S/c1-16-4-2-6-19(24-16)7-3-5-17-10-12-25(13-11-17)26-21-9-8-18(15-23)14-20(21)22/h2,4-6,8-9,14H,10-13H2,1H3. The van der Waals surface area contributed by atoms with Crippen LogP contribution in [-0.4, -0.2) is 22.4 Å². The molecular formula is C21H18ClN3S. The van der Waals surface area contributed by atoms with Crippen molar-refractivity contribution >= 4 is 23.5 Å². The molecular weight excluding hydrogens is 362 g/mol. The number of hydrogen-bond acceptors (Lipinski definition) is 4. The number of allylic oxidation sites excluding steroid dienone is 1. The number of hydrogen-bond donors (Lipinski definition) is 0. The monoisotopic (exact) mass is 379 g/mol. The Morgan fingerprint density at radius 1 is 1.23 bits per heavy atom. The fourth-order valence-corrected chi connectivity index (χ4v) is 3.82. The van der Waals surface area contributed by atoms with Gasteiger partial charge >= 0.3 is 0 Å². The zero-order valence-electron chi connectivity index (χ0n) is 14.5. The zero-order valence-corrected chi connectivity index (χ0v) is 16.1. The molecule has 2 heterocycles. The number of aromatic nitrogens is 1. The molecule has 1 saturated heterocycles. The average Bonchev–Trinajstić information content (AvgIpc) is 2.65. The molecule has 3 rings (SSSR count). The van der Waals surface area contributed by atoms with Crippen LogP contribution in [0.4, 0.5) is 0 Å². The Bertz CT molecular complexity index is 924. The Morgan fingerprint density at radius 3 is 2.73 bits per heavy atom. The van der Waals surface area contributed by atoms with Crippen molar-refractivity contribution in [3.05, 3.63) is 70.0 Å². The Hall–Kier alpha value is -2.24. The first kappa shape index (κ1) is 18.5. The van der Waals surface area contributed by atoms with E-state index in [1.54, 1.807) is 24.1 Å². The van der Waals surface area contributed by atoms with Gasteiger partial charge in [0, 0.05) is 23.7 Å². The highest BCUT2D eigenvalue weighted by Gasteiger charge is 2.16. The van der Waals surface area contributed by atoms with Gasteiger partial charge in [-0.15, -0.1) is 0 Å². The predicted octanol–water partition coefficient (Wildman–Crippen LogP) is 5.00. The number of halogens is 1. The normalized spacial score (nSPS) is 14.3. The van der Waals surface area contributed by atoms with Gasteiger partial charge in [0.15, 0.2) is 0 Å². The van der Waals surface area contributed by atoms with Crippen LogP contribution in [0, 0.1) is 30.1 Å². The highest BCUT2D eigenvalue weighted by Crippen LogP contribution is 2.33. The summed E-state index contributed by atoms with van der Waals surface area (Å²) in [6, 6.07) is 13.4. The second-order valence-corrected chi connectivity index (χ2v) is 7.56. The predicted molar refractivity (Wildman–Crippen MR) is 107 cm³/mol. The van der Waals surface area contributed by atoms with Crippen LogP contribution in [0.25, 0.3) is 0 Å². The van der Waals surface area contributed by atoms with E-state index in [9.17, 15) is 0 Å². The SMILES string of the molecule is Cc1cccc(C#CC=C2CCN(Sc3ccc(C#N)cc3Cl)CC2)n1. The molecule has 1 aromatic carbocycles. The third-order valence-electron chi connectivity index (χ3n) is 4.02. The molecule has 130 valence electrons. The quantitative estimate of drug-likeness (QED) is 0.544. The number of rotatable bonds is 2. The molecule has 1 aliphatic rings. The van der Waals surface area contributed by atoms with Crippen LogP contribution in [0.1, 0.15) is 29.8 Å². The fraction of sp³-hybridized carbons (Fsp3) is 0.238. The van der Waals surface area contributed by atoms with Gasteiger partial charge in [-0.25, -0.2) is 9.29 Å². The van der Waals surface area contributed by atoms with Gasteiger partial charge in [-0.3, -0.25) is 0 Å². The summed E-state index contributed by atoms with van der Waals surface area (Å²) in [5.74, 6) is 6.24. The number of nitrogens with zero attached hydrogens (tertiary/aromatic N) is 3. The summed E-state index contributed by atoms with van der Waals surface area (Å²) >= 11 is 7.91. The molecule has 26 heavy (non-hydrogen) atoms. The van der Waals surface area contributed by atoms with Crippen LogP contribution in [0.5, 0.6) is 0 Å². The van der Waals surface area contributed by atoms with Crippen molar-refractivity contribution in [1.82, 2.24) is 9.29 Å². The Morgan fingerprint density at radius 2 is 2.04 bits per heavy atom. The van der Waals surface area contributed by atoms with Crippen molar-refractivity contribution in [2.75, 3.05) is 13.1 Å². The molecule has 0 amide bonds. The van der Waals surface area contributed by atoms with E-state index < -0.39 is 0 Å². The molecule has 0 saturated carbocycles. The van der Waals surface area contributed by atoms with Gasteiger partial charge in [-0.1, -0.05) is 29.2 Å². The lowest BCUT2D eigenvalue weighted by atomic mass is 10.1. The fourth-order valence-electron chi connectivity index (χ4n) is 2.62. The van der Waals surface area contributed by atoms with Gasteiger partial charge in [-0.05, 0) is 74.0 Å². The van der Waals surface area contributed by atoms with Crippen LogP contribution in [0.2, 0.25) is 5.02 Å². The van der Waals surface area contributed by atoms with Crippen LogP contribution in [-0.2, 0) is 0 Å².